The van der Waals surface area contributed by atoms with Crippen molar-refractivity contribution >= 4 is 57.7 Å². The third-order valence-electron chi connectivity index (χ3n) is 9.54. The van der Waals surface area contributed by atoms with Crippen LogP contribution in [0.4, 0.5) is 10.7 Å². The molecule has 2 aromatic heterocycles. The Morgan fingerprint density at radius 3 is 2.06 bits per heavy atom. The number of alkyl carbamates (subject to hydrolysis) is 1. The number of benzene rings is 1. The summed E-state index contributed by atoms with van der Waals surface area (Å²) in [5.41, 5.74) is 7.98. The molecular formula is C41H63IN6O6. The molecule has 13 heteroatoms. The van der Waals surface area contributed by atoms with E-state index in [-0.39, 0.29) is 43.6 Å². The van der Waals surface area contributed by atoms with E-state index >= 15 is 0 Å². The van der Waals surface area contributed by atoms with Crippen LogP contribution in [0.5, 0.6) is 0 Å². The van der Waals surface area contributed by atoms with E-state index in [9.17, 15) is 14.4 Å². The Balaban J connectivity index is 1.41. The maximum Gasteiger partial charge on any atom is 0.408 e. The molecule has 2 heterocycles. The lowest BCUT2D eigenvalue weighted by Crippen LogP contribution is -2.45. The van der Waals surface area contributed by atoms with Gasteiger partial charge in [-0.05, 0) is 46.9 Å². The standard InChI is InChI=1S/C41H63IN6O6/c1-4-5-6-7-8-9-10-11-12-13-14-15-16-17-21-24-34(49)53-29-33(27-48-30-44-36-37(42)46-40(43)47-38(36)48)25-26-52-39(50)35(31(2)3)45-41(51)54-28-32-22-19-18-20-23-32/h18-20,22-23,30-31,33,35H,4-17,21,24-29H2,1-3H3,(H,45,51)(H2,43,46,47)/t33?,35-/m0/s1. The van der Waals surface area contributed by atoms with Crippen LogP contribution in [0.25, 0.3) is 11.2 Å². The molecule has 1 amide bonds. The van der Waals surface area contributed by atoms with Gasteiger partial charge >= 0.3 is 18.0 Å². The highest BCUT2D eigenvalue weighted by molar-refractivity contribution is 14.1. The van der Waals surface area contributed by atoms with Crippen LogP contribution in [0.3, 0.4) is 0 Å². The predicted molar refractivity (Wildman–Crippen MR) is 220 cm³/mol. The van der Waals surface area contributed by atoms with E-state index in [0.717, 1.165) is 24.8 Å². The summed E-state index contributed by atoms with van der Waals surface area (Å²) in [6.07, 6.45) is 20.7. The number of hydrogen-bond acceptors (Lipinski definition) is 10. The van der Waals surface area contributed by atoms with Crippen molar-refractivity contribution in [2.45, 2.75) is 149 Å². The van der Waals surface area contributed by atoms with E-state index in [4.69, 9.17) is 19.9 Å². The van der Waals surface area contributed by atoms with E-state index in [1.54, 1.807) is 6.33 Å². The SMILES string of the molecule is CCCCCCCCCCCCCCCCCC(=O)OCC(CCOC(=O)[C@@H](NC(=O)OCc1ccccc1)C(C)C)Cn1cnc2c(I)nc(N)nc21. The second-order valence-electron chi connectivity index (χ2n) is 14.6. The van der Waals surface area contributed by atoms with Crippen molar-refractivity contribution in [1.82, 2.24) is 24.8 Å². The number of nitrogens with two attached hydrogens (primary N) is 1. The number of esters is 2. The van der Waals surface area contributed by atoms with Crippen molar-refractivity contribution in [3.05, 3.63) is 45.9 Å². The van der Waals surface area contributed by atoms with Crippen LogP contribution in [-0.4, -0.2) is 56.8 Å². The summed E-state index contributed by atoms with van der Waals surface area (Å²) in [4.78, 5) is 51.4. The number of nitrogen functional groups attached to an aromatic ring is 1. The molecule has 0 aliphatic rings. The van der Waals surface area contributed by atoms with Crippen LogP contribution in [0.15, 0.2) is 36.7 Å². The highest BCUT2D eigenvalue weighted by Crippen LogP contribution is 2.20. The molecule has 1 aromatic carbocycles. The third kappa shape index (κ3) is 17.8. The molecule has 3 rings (SSSR count). The smallest absolute Gasteiger partial charge is 0.408 e. The fourth-order valence-electron chi connectivity index (χ4n) is 6.29. The van der Waals surface area contributed by atoms with Gasteiger partial charge in [-0.1, -0.05) is 141 Å². The number of rotatable bonds is 28. The highest BCUT2D eigenvalue weighted by atomic mass is 127. The highest BCUT2D eigenvalue weighted by Gasteiger charge is 2.27. The number of fused-ring (bicyclic) bond motifs is 1. The van der Waals surface area contributed by atoms with Gasteiger partial charge in [-0.3, -0.25) is 4.79 Å². The van der Waals surface area contributed by atoms with Gasteiger partial charge in [-0.2, -0.15) is 4.98 Å². The average Bonchev–Trinajstić information content (AvgIpc) is 3.56. The maximum atomic E-state index is 13.1. The summed E-state index contributed by atoms with van der Waals surface area (Å²) >= 11 is 2.08. The van der Waals surface area contributed by atoms with E-state index in [2.05, 4.69) is 49.8 Å². The number of imidazole rings is 1. The molecule has 2 atom stereocenters. The zero-order valence-corrected chi connectivity index (χ0v) is 34.9. The van der Waals surface area contributed by atoms with Gasteiger partial charge < -0.3 is 29.8 Å². The lowest BCUT2D eigenvalue weighted by atomic mass is 10.0. The van der Waals surface area contributed by atoms with Gasteiger partial charge in [0.2, 0.25) is 5.95 Å². The average molecular weight is 863 g/mol. The van der Waals surface area contributed by atoms with Gasteiger partial charge in [0.25, 0.3) is 0 Å². The summed E-state index contributed by atoms with van der Waals surface area (Å²) in [6.45, 7) is 6.61. The number of carbonyl (C=O) groups excluding carboxylic acids is 3. The molecule has 0 aliphatic carbocycles. The number of ether oxygens (including phenoxy) is 3. The minimum Gasteiger partial charge on any atom is -0.465 e. The number of carbonyl (C=O) groups is 3. The molecule has 12 nitrogen and oxygen atoms in total. The van der Waals surface area contributed by atoms with Gasteiger partial charge in [0.15, 0.2) is 5.65 Å². The fourth-order valence-corrected chi connectivity index (χ4v) is 6.92. The first-order chi connectivity index (χ1) is 26.2. The lowest BCUT2D eigenvalue weighted by molar-refractivity contribution is -0.149. The van der Waals surface area contributed by atoms with Crippen LogP contribution in [0, 0.1) is 15.5 Å². The summed E-state index contributed by atoms with van der Waals surface area (Å²) in [6, 6.07) is 8.42. The van der Waals surface area contributed by atoms with Gasteiger partial charge in [-0.15, -0.1) is 0 Å². The molecule has 0 saturated carbocycles. The number of aromatic nitrogens is 4. The molecule has 3 N–H and O–H groups in total. The van der Waals surface area contributed by atoms with Gasteiger partial charge in [0.1, 0.15) is 21.9 Å². The quantitative estimate of drug-likeness (QED) is 0.0237. The second kappa shape index (κ2) is 26.3. The number of hydrogen-bond donors (Lipinski definition) is 2. The first-order valence-electron chi connectivity index (χ1n) is 20.1. The molecule has 300 valence electrons. The van der Waals surface area contributed by atoms with Crippen LogP contribution in [0.2, 0.25) is 0 Å². The van der Waals surface area contributed by atoms with Crippen molar-refractivity contribution in [1.29, 1.82) is 0 Å². The summed E-state index contributed by atoms with van der Waals surface area (Å²) < 4.78 is 19.2. The van der Waals surface area contributed by atoms with Crippen LogP contribution < -0.4 is 11.1 Å². The van der Waals surface area contributed by atoms with E-state index < -0.39 is 18.1 Å². The van der Waals surface area contributed by atoms with E-state index in [1.807, 2.05) is 48.7 Å². The maximum absolute atomic E-state index is 13.1. The van der Waals surface area contributed by atoms with Gasteiger partial charge in [-0.25, -0.2) is 19.6 Å². The Labute approximate surface area is 335 Å². The van der Waals surface area contributed by atoms with Crippen LogP contribution >= 0.6 is 22.6 Å². The number of nitrogens with one attached hydrogen (secondary N) is 1. The Hall–Kier alpha value is -3.49. The Bertz CT molecular complexity index is 1520. The Morgan fingerprint density at radius 1 is 0.833 bits per heavy atom. The topological polar surface area (TPSA) is 161 Å². The molecule has 1 unspecified atom stereocenters. The third-order valence-corrected chi connectivity index (χ3v) is 10.3. The van der Waals surface area contributed by atoms with Gasteiger partial charge in [0, 0.05) is 18.9 Å². The van der Waals surface area contributed by atoms with E-state index in [1.165, 1.54) is 77.0 Å². The molecule has 0 aliphatic heterocycles. The van der Waals surface area contributed by atoms with Crippen LogP contribution in [0.1, 0.15) is 135 Å². The Kier molecular flexibility index (Phi) is 21.9. The molecule has 0 fully saturated rings. The molecule has 0 spiro atoms. The van der Waals surface area contributed by atoms with E-state index in [0.29, 0.717) is 34.3 Å². The predicted octanol–water partition coefficient (Wildman–Crippen LogP) is 9.32. The number of nitrogens with zero attached hydrogens (tertiary/aromatic N) is 4. The van der Waals surface area contributed by atoms with Crippen molar-refractivity contribution in [3.8, 4) is 0 Å². The molecule has 0 saturated heterocycles. The monoisotopic (exact) mass is 862 g/mol. The molecule has 3 aromatic rings. The molecule has 0 bridgehead atoms. The summed E-state index contributed by atoms with van der Waals surface area (Å²) in [7, 11) is 0. The fraction of sp³-hybridized carbons (Fsp3) is 0.659. The zero-order chi connectivity index (χ0) is 39.0. The molecule has 54 heavy (non-hydrogen) atoms. The van der Waals surface area contributed by atoms with Crippen molar-refractivity contribution in [3.63, 3.8) is 0 Å². The number of halogens is 1. The number of unbranched alkanes of at least 4 members (excludes halogenated alkanes) is 14. The van der Waals surface area contributed by atoms with Crippen molar-refractivity contribution in [2.75, 3.05) is 18.9 Å². The zero-order valence-electron chi connectivity index (χ0n) is 32.7. The number of amides is 1. The van der Waals surface area contributed by atoms with Gasteiger partial charge in [0.05, 0.1) is 19.5 Å². The first-order valence-corrected chi connectivity index (χ1v) is 21.2. The minimum atomic E-state index is -0.890. The second-order valence-corrected chi connectivity index (χ2v) is 15.6. The summed E-state index contributed by atoms with van der Waals surface area (Å²) in [5.74, 6) is -1.10. The Morgan fingerprint density at radius 2 is 1.44 bits per heavy atom. The lowest BCUT2D eigenvalue weighted by Gasteiger charge is -2.22. The molecular weight excluding hydrogens is 799 g/mol. The minimum absolute atomic E-state index is 0.0609. The first kappa shape index (κ1) is 44.9. The molecule has 0 radical (unpaired) electrons. The number of anilines is 1. The normalized spacial score (nSPS) is 12.5. The summed E-state index contributed by atoms with van der Waals surface area (Å²) in [5, 5.41) is 2.64. The van der Waals surface area contributed by atoms with Crippen molar-refractivity contribution < 1.29 is 28.6 Å². The largest absolute Gasteiger partial charge is 0.465 e. The van der Waals surface area contributed by atoms with Crippen LogP contribution in [-0.2, 0) is 37.0 Å². The van der Waals surface area contributed by atoms with Crippen molar-refractivity contribution in [2.24, 2.45) is 11.8 Å².